The van der Waals surface area contributed by atoms with E-state index >= 15 is 0 Å². The van der Waals surface area contributed by atoms with E-state index < -0.39 is 11.9 Å². The maximum Gasteiger partial charge on any atom is 0.338 e. The Bertz CT molecular complexity index is 1050. The lowest BCUT2D eigenvalue weighted by atomic mass is 9.82. The first kappa shape index (κ1) is 21.2. The molecule has 0 saturated carbocycles. The van der Waals surface area contributed by atoms with Gasteiger partial charge in [-0.3, -0.25) is 10.5 Å². The number of benzene rings is 1. The van der Waals surface area contributed by atoms with Crippen molar-refractivity contribution >= 4 is 34.2 Å². The van der Waals surface area contributed by atoms with Crippen LogP contribution in [0.3, 0.4) is 0 Å². The summed E-state index contributed by atoms with van der Waals surface area (Å²) in [6.45, 7) is 3.84. The van der Waals surface area contributed by atoms with Gasteiger partial charge in [0.2, 0.25) is 5.17 Å². The molecular weight excluding hydrogens is 406 g/mol. The van der Waals surface area contributed by atoms with Gasteiger partial charge in [0, 0.05) is 31.0 Å². The molecule has 9 nitrogen and oxygen atoms in total. The van der Waals surface area contributed by atoms with Crippen molar-refractivity contribution < 1.29 is 9.53 Å². The Morgan fingerprint density at radius 1 is 1.40 bits per heavy atom. The van der Waals surface area contributed by atoms with Gasteiger partial charge in [0.25, 0.3) is 0 Å². The van der Waals surface area contributed by atoms with Gasteiger partial charge < -0.3 is 15.0 Å². The van der Waals surface area contributed by atoms with E-state index in [-0.39, 0.29) is 17.6 Å². The molecule has 0 saturated heterocycles. The Kier molecular flexibility index (Phi) is 6.28. The molecule has 2 aromatic rings. The maximum atomic E-state index is 13.0. The quantitative estimate of drug-likeness (QED) is 0.368. The molecule has 1 atom stereocenters. The number of esters is 1. The Morgan fingerprint density at radius 3 is 2.70 bits per heavy atom. The number of aromatic amines is 1. The highest BCUT2D eigenvalue weighted by molar-refractivity contribution is 6.69. The standard InChI is InChI=1S/C20H22ClN7O2/c1-5-30-20(29)17-16(12-6-8-13(9-7-12)28(3)4)15-11(2)24-26-18(15)23-19(17)27-25-14(21)10-22/h6-9,16,27H,5H2,1-4H3,(H2,23,24,26)/b25-14+. The lowest BCUT2D eigenvalue weighted by Crippen LogP contribution is -2.30. The molecule has 0 aliphatic carbocycles. The van der Waals surface area contributed by atoms with Crippen LogP contribution in [0.1, 0.15) is 29.7 Å². The highest BCUT2D eigenvalue weighted by atomic mass is 35.5. The van der Waals surface area contributed by atoms with Crippen LogP contribution in [0, 0.1) is 18.3 Å². The number of rotatable bonds is 6. The minimum atomic E-state index is -0.510. The molecule has 0 fully saturated rings. The van der Waals surface area contributed by atoms with Crippen molar-refractivity contribution in [3.05, 3.63) is 52.5 Å². The zero-order valence-corrected chi connectivity index (χ0v) is 17.8. The number of anilines is 2. The molecule has 3 rings (SSSR count). The molecule has 1 aliphatic rings. The second-order valence-corrected chi connectivity index (χ2v) is 7.15. The van der Waals surface area contributed by atoms with E-state index in [4.69, 9.17) is 21.6 Å². The lowest BCUT2D eigenvalue weighted by Gasteiger charge is -2.28. The number of nitriles is 1. The lowest BCUT2D eigenvalue weighted by molar-refractivity contribution is -0.138. The summed E-state index contributed by atoms with van der Waals surface area (Å²) in [6.07, 6.45) is 0. The van der Waals surface area contributed by atoms with Gasteiger partial charge in [0.1, 0.15) is 11.9 Å². The van der Waals surface area contributed by atoms with E-state index in [1.165, 1.54) is 0 Å². The van der Waals surface area contributed by atoms with Crippen molar-refractivity contribution in [1.82, 2.24) is 15.6 Å². The summed E-state index contributed by atoms with van der Waals surface area (Å²) >= 11 is 5.71. The minimum Gasteiger partial charge on any atom is -0.463 e. The summed E-state index contributed by atoms with van der Waals surface area (Å²) in [7, 11) is 3.92. The fraction of sp³-hybridized carbons (Fsp3) is 0.300. The number of hydrazone groups is 1. The first-order chi connectivity index (χ1) is 14.4. The van der Waals surface area contributed by atoms with Gasteiger partial charge in [-0.05, 0) is 43.1 Å². The van der Waals surface area contributed by atoms with Crippen LogP contribution >= 0.6 is 11.6 Å². The first-order valence-electron chi connectivity index (χ1n) is 9.27. The Morgan fingerprint density at radius 2 is 2.10 bits per heavy atom. The fourth-order valence-corrected chi connectivity index (χ4v) is 3.35. The SMILES string of the molecule is CCOC(=O)C1=C(N/N=C(/Cl)C#N)Nc2n[nH]c(C)c2C1c1ccc(N(C)C)cc1. The Hall–Kier alpha value is -3.51. The number of aryl methyl sites for hydroxylation is 1. The number of halogens is 1. The zero-order valence-electron chi connectivity index (χ0n) is 17.1. The smallest absolute Gasteiger partial charge is 0.338 e. The molecular formula is C20H22ClN7O2. The van der Waals surface area contributed by atoms with Gasteiger partial charge in [0.15, 0.2) is 5.82 Å². The predicted molar refractivity (Wildman–Crippen MR) is 115 cm³/mol. The summed E-state index contributed by atoms with van der Waals surface area (Å²) in [6, 6.07) is 9.60. The van der Waals surface area contributed by atoms with Crippen LogP contribution in [0.15, 0.2) is 40.8 Å². The number of carbonyl (C=O) groups excluding carboxylic acids is 1. The molecule has 1 unspecified atom stereocenters. The van der Waals surface area contributed by atoms with Crippen LogP contribution in [0.25, 0.3) is 0 Å². The average Bonchev–Trinajstić information content (AvgIpc) is 3.11. The van der Waals surface area contributed by atoms with Crippen molar-refractivity contribution in [3.8, 4) is 6.07 Å². The fourth-order valence-electron chi connectivity index (χ4n) is 3.31. The van der Waals surface area contributed by atoms with Crippen LogP contribution in [-0.4, -0.2) is 42.0 Å². The first-order valence-corrected chi connectivity index (χ1v) is 9.64. The third-order valence-corrected chi connectivity index (χ3v) is 4.85. The van der Waals surface area contributed by atoms with Crippen LogP contribution < -0.4 is 15.6 Å². The number of aromatic nitrogens is 2. The number of hydrogen-bond acceptors (Lipinski definition) is 8. The topological polar surface area (TPSA) is 118 Å². The van der Waals surface area contributed by atoms with Gasteiger partial charge in [-0.25, -0.2) is 4.79 Å². The molecule has 0 bridgehead atoms. The van der Waals surface area contributed by atoms with Gasteiger partial charge in [-0.2, -0.15) is 15.5 Å². The van der Waals surface area contributed by atoms with Gasteiger partial charge in [-0.15, -0.1) is 0 Å². The van der Waals surface area contributed by atoms with E-state index in [1.54, 1.807) is 13.0 Å². The Balaban J connectivity index is 2.19. The van der Waals surface area contributed by atoms with Crippen molar-refractivity contribution in [2.75, 3.05) is 30.9 Å². The molecule has 10 heteroatoms. The van der Waals surface area contributed by atoms with Gasteiger partial charge in [0.05, 0.1) is 18.1 Å². The van der Waals surface area contributed by atoms with E-state index in [0.717, 1.165) is 22.5 Å². The number of nitrogens with one attached hydrogen (secondary N) is 3. The highest BCUT2D eigenvalue weighted by Gasteiger charge is 2.37. The van der Waals surface area contributed by atoms with Gasteiger partial charge in [-0.1, -0.05) is 12.1 Å². The molecule has 0 radical (unpaired) electrons. The molecule has 0 spiro atoms. The third kappa shape index (κ3) is 4.09. The third-order valence-electron chi connectivity index (χ3n) is 4.68. The normalized spacial score (nSPS) is 15.7. The molecule has 156 valence electrons. The minimum absolute atomic E-state index is 0.210. The number of ether oxygens (including phenoxy) is 1. The van der Waals surface area contributed by atoms with Crippen LogP contribution in [-0.2, 0) is 9.53 Å². The van der Waals surface area contributed by atoms with Gasteiger partial charge >= 0.3 is 5.97 Å². The van der Waals surface area contributed by atoms with E-state index in [2.05, 4.69) is 26.0 Å². The molecule has 30 heavy (non-hydrogen) atoms. The zero-order chi connectivity index (χ0) is 21.8. The summed E-state index contributed by atoms with van der Waals surface area (Å²) in [5.41, 5.74) is 6.56. The second kappa shape index (κ2) is 8.88. The van der Waals surface area contributed by atoms with E-state index in [9.17, 15) is 4.79 Å². The number of fused-ring (bicyclic) bond motifs is 1. The molecule has 1 aliphatic heterocycles. The number of H-pyrrole nitrogens is 1. The monoisotopic (exact) mass is 427 g/mol. The van der Waals surface area contributed by atoms with Crippen molar-refractivity contribution in [1.29, 1.82) is 5.26 Å². The highest BCUT2D eigenvalue weighted by Crippen LogP contribution is 2.42. The number of nitrogens with zero attached hydrogens (tertiary/aromatic N) is 4. The van der Waals surface area contributed by atoms with Crippen LogP contribution in [0.4, 0.5) is 11.5 Å². The second-order valence-electron chi connectivity index (χ2n) is 6.79. The van der Waals surface area contributed by atoms with Crippen LogP contribution in [0.2, 0.25) is 0 Å². The predicted octanol–water partition coefficient (Wildman–Crippen LogP) is 2.78. The van der Waals surface area contributed by atoms with Crippen LogP contribution in [0.5, 0.6) is 0 Å². The molecule has 0 amide bonds. The van der Waals surface area contributed by atoms with Crippen molar-refractivity contribution in [2.45, 2.75) is 19.8 Å². The Labute approximate surface area is 179 Å². The maximum absolute atomic E-state index is 13.0. The average molecular weight is 428 g/mol. The van der Waals surface area contributed by atoms with Crippen molar-refractivity contribution in [2.24, 2.45) is 5.10 Å². The number of carbonyl (C=O) groups is 1. The summed E-state index contributed by atoms with van der Waals surface area (Å²) in [4.78, 5) is 15.0. The molecule has 2 heterocycles. The largest absolute Gasteiger partial charge is 0.463 e. The van der Waals surface area contributed by atoms with E-state index in [0.29, 0.717) is 11.4 Å². The van der Waals surface area contributed by atoms with E-state index in [1.807, 2.05) is 50.2 Å². The summed E-state index contributed by atoms with van der Waals surface area (Å²) in [5, 5.41) is 22.7. The molecule has 1 aromatic heterocycles. The summed E-state index contributed by atoms with van der Waals surface area (Å²) in [5.74, 6) is -0.173. The summed E-state index contributed by atoms with van der Waals surface area (Å²) < 4.78 is 5.33. The number of hydrogen-bond donors (Lipinski definition) is 3. The molecule has 3 N–H and O–H groups in total. The van der Waals surface area contributed by atoms with Crippen molar-refractivity contribution in [3.63, 3.8) is 0 Å². The molecule has 1 aromatic carbocycles.